The van der Waals surface area contributed by atoms with Crippen LogP contribution in [0.4, 0.5) is 0 Å². The monoisotopic (exact) mass is 220 g/mol. The average molecular weight is 220 g/mol. The molecule has 0 saturated carbocycles. The maximum atomic E-state index is 11.7. The van der Waals surface area contributed by atoms with Gasteiger partial charge in [0.25, 0.3) is 0 Å². The number of benzene rings is 1. The second kappa shape index (κ2) is 5.12. The van der Waals surface area contributed by atoms with E-state index < -0.39 is 0 Å². The van der Waals surface area contributed by atoms with Gasteiger partial charge in [0.2, 0.25) is 0 Å². The molecular weight excluding hydrogens is 204 g/mol. The summed E-state index contributed by atoms with van der Waals surface area (Å²) in [6.07, 6.45) is 2.49. The number of fused-ring (bicyclic) bond motifs is 1. The number of rotatable bonds is 4. The molecule has 2 rings (SSSR count). The van der Waals surface area contributed by atoms with Crippen molar-refractivity contribution in [2.45, 2.75) is 26.2 Å². The quantitative estimate of drug-likeness (QED) is 0.578. The third-order valence-corrected chi connectivity index (χ3v) is 2.77. The Morgan fingerprint density at radius 3 is 3.00 bits per heavy atom. The molecule has 0 unspecified atom stereocenters. The van der Waals surface area contributed by atoms with Crippen LogP contribution in [0.3, 0.4) is 0 Å². The topological polar surface area (TPSA) is 35.5 Å². The zero-order valence-electron chi connectivity index (χ0n) is 9.49. The smallest absolute Gasteiger partial charge is 0.189 e. The summed E-state index contributed by atoms with van der Waals surface area (Å²) in [5.74, 6) is 1.02. The van der Waals surface area contributed by atoms with E-state index in [1.165, 1.54) is 0 Å². The van der Waals surface area contributed by atoms with E-state index in [4.69, 9.17) is 9.47 Å². The van der Waals surface area contributed by atoms with Gasteiger partial charge in [-0.05, 0) is 25.8 Å². The molecule has 1 aliphatic carbocycles. The first-order valence-electron chi connectivity index (χ1n) is 5.68. The molecule has 0 amide bonds. The van der Waals surface area contributed by atoms with Crippen LogP contribution in [0.1, 0.15) is 35.7 Å². The summed E-state index contributed by atoms with van der Waals surface area (Å²) in [4.78, 5) is 11.7. The Labute approximate surface area is 95.4 Å². The largest absolute Gasteiger partial charge is 0.467 e. The Morgan fingerprint density at radius 1 is 1.31 bits per heavy atom. The first-order chi connectivity index (χ1) is 7.83. The van der Waals surface area contributed by atoms with Crippen molar-refractivity contribution in [2.75, 3.05) is 13.4 Å². The Balaban J connectivity index is 2.19. The second-order valence-electron chi connectivity index (χ2n) is 3.81. The fraction of sp³-hybridized carbons (Fsp3) is 0.462. The molecule has 3 heteroatoms. The number of hydrogen-bond donors (Lipinski definition) is 0. The van der Waals surface area contributed by atoms with E-state index in [0.717, 1.165) is 29.7 Å². The summed E-state index contributed by atoms with van der Waals surface area (Å²) >= 11 is 0. The number of ether oxygens (including phenoxy) is 2. The van der Waals surface area contributed by atoms with Crippen LogP contribution in [-0.2, 0) is 11.2 Å². The molecule has 0 radical (unpaired) electrons. The number of carbonyl (C=O) groups is 1. The van der Waals surface area contributed by atoms with Gasteiger partial charge in [0, 0.05) is 24.2 Å². The molecular formula is C13H16O3. The van der Waals surface area contributed by atoms with Gasteiger partial charge in [-0.25, -0.2) is 0 Å². The number of hydrogen-bond acceptors (Lipinski definition) is 3. The summed E-state index contributed by atoms with van der Waals surface area (Å²) in [5, 5.41) is 0. The highest BCUT2D eigenvalue weighted by molar-refractivity contribution is 5.99. The first-order valence-corrected chi connectivity index (χ1v) is 5.68. The van der Waals surface area contributed by atoms with Crippen LogP contribution in [0.2, 0.25) is 0 Å². The molecule has 0 fully saturated rings. The lowest BCUT2D eigenvalue weighted by molar-refractivity contribution is 0.0217. The van der Waals surface area contributed by atoms with Crippen molar-refractivity contribution in [1.82, 2.24) is 0 Å². The lowest BCUT2D eigenvalue weighted by Gasteiger charge is -2.18. The van der Waals surface area contributed by atoms with E-state index in [9.17, 15) is 4.79 Å². The van der Waals surface area contributed by atoms with Crippen LogP contribution >= 0.6 is 0 Å². The lowest BCUT2D eigenvalue weighted by Crippen LogP contribution is -2.13. The Bertz CT molecular complexity index is 385. The summed E-state index contributed by atoms with van der Waals surface area (Å²) in [6.45, 7) is 2.81. The van der Waals surface area contributed by atoms with Crippen LogP contribution < -0.4 is 4.74 Å². The third-order valence-electron chi connectivity index (χ3n) is 2.77. The normalized spacial score (nSPS) is 14.7. The molecule has 1 aromatic carbocycles. The molecule has 0 spiro atoms. The molecule has 0 N–H and O–H groups in total. The van der Waals surface area contributed by atoms with Gasteiger partial charge in [-0.2, -0.15) is 0 Å². The zero-order chi connectivity index (χ0) is 11.4. The van der Waals surface area contributed by atoms with Gasteiger partial charge in [-0.15, -0.1) is 0 Å². The molecule has 0 heterocycles. The van der Waals surface area contributed by atoms with E-state index in [-0.39, 0.29) is 12.6 Å². The maximum Gasteiger partial charge on any atom is 0.189 e. The SMILES string of the molecule is CCOCOc1cccc2c1CCCC2=O. The van der Waals surface area contributed by atoms with Gasteiger partial charge in [0.1, 0.15) is 5.75 Å². The van der Waals surface area contributed by atoms with E-state index in [2.05, 4.69) is 0 Å². The summed E-state index contributed by atoms with van der Waals surface area (Å²) < 4.78 is 10.7. The van der Waals surface area contributed by atoms with Gasteiger partial charge in [-0.3, -0.25) is 4.79 Å². The van der Waals surface area contributed by atoms with Crippen LogP contribution in [0, 0.1) is 0 Å². The minimum absolute atomic E-state index is 0.225. The Morgan fingerprint density at radius 2 is 2.19 bits per heavy atom. The third kappa shape index (κ3) is 2.25. The highest BCUT2D eigenvalue weighted by atomic mass is 16.7. The highest BCUT2D eigenvalue weighted by Gasteiger charge is 2.19. The molecule has 0 aromatic heterocycles. The van der Waals surface area contributed by atoms with Gasteiger partial charge >= 0.3 is 0 Å². The van der Waals surface area contributed by atoms with E-state index in [0.29, 0.717) is 13.0 Å². The summed E-state index contributed by atoms with van der Waals surface area (Å²) in [6, 6.07) is 5.64. The minimum Gasteiger partial charge on any atom is -0.467 e. The van der Waals surface area contributed by atoms with Crippen LogP contribution in [0.5, 0.6) is 5.75 Å². The van der Waals surface area contributed by atoms with E-state index in [1.54, 1.807) is 0 Å². The van der Waals surface area contributed by atoms with Gasteiger partial charge in [0.05, 0.1) is 0 Å². The van der Waals surface area contributed by atoms with Crippen molar-refractivity contribution >= 4 is 5.78 Å². The van der Waals surface area contributed by atoms with Crippen molar-refractivity contribution < 1.29 is 14.3 Å². The second-order valence-corrected chi connectivity index (χ2v) is 3.81. The van der Waals surface area contributed by atoms with Crippen LogP contribution in [-0.4, -0.2) is 19.2 Å². The van der Waals surface area contributed by atoms with Crippen molar-refractivity contribution in [3.05, 3.63) is 29.3 Å². The van der Waals surface area contributed by atoms with E-state index >= 15 is 0 Å². The zero-order valence-corrected chi connectivity index (χ0v) is 9.49. The van der Waals surface area contributed by atoms with Crippen molar-refractivity contribution in [3.8, 4) is 5.75 Å². The van der Waals surface area contributed by atoms with Gasteiger partial charge in [0.15, 0.2) is 12.6 Å². The fourth-order valence-corrected chi connectivity index (χ4v) is 1.97. The minimum atomic E-state index is 0.225. The standard InChI is InChI=1S/C13H16O3/c1-2-15-9-16-13-8-4-5-10-11(13)6-3-7-12(10)14/h4-5,8H,2-3,6-7,9H2,1H3. The van der Waals surface area contributed by atoms with E-state index in [1.807, 2.05) is 25.1 Å². The molecule has 16 heavy (non-hydrogen) atoms. The van der Waals surface area contributed by atoms with Crippen molar-refractivity contribution in [3.63, 3.8) is 0 Å². The molecule has 0 saturated heterocycles. The van der Waals surface area contributed by atoms with Gasteiger partial charge < -0.3 is 9.47 Å². The number of carbonyl (C=O) groups excluding carboxylic acids is 1. The Kier molecular flexibility index (Phi) is 3.57. The fourth-order valence-electron chi connectivity index (χ4n) is 1.97. The molecule has 0 aliphatic heterocycles. The molecule has 0 atom stereocenters. The highest BCUT2D eigenvalue weighted by Crippen LogP contribution is 2.29. The summed E-state index contributed by atoms with van der Waals surface area (Å²) in [7, 11) is 0. The van der Waals surface area contributed by atoms with Gasteiger partial charge in [-0.1, -0.05) is 12.1 Å². The molecule has 1 aliphatic rings. The van der Waals surface area contributed by atoms with Crippen LogP contribution in [0.25, 0.3) is 0 Å². The predicted molar refractivity (Wildman–Crippen MR) is 60.8 cm³/mol. The maximum absolute atomic E-state index is 11.7. The molecule has 86 valence electrons. The summed E-state index contributed by atoms with van der Waals surface area (Å²) in [5.41, 5.74) is 1.86. The lowest BCUT2D eigenvalue weighted by atomic mass is 9.90. The first kappa shape index (κ1) is 11.1. The number of ketones is 1. The van der Waals surface area contributed by atoms with Crippen molar-refractivity contribution in [2.24, 2.45) is 0 Å². The predicted octanol–water partition coefficient (Wildman–Crippen LogP) is 2.58. The molecule has 1 aromatic rings. The van der Waals surface area contributed by atoms with Crippen LogP contribution in [0.15, 0.2) is 18.2 Å². The molecule has 3 nitrogen and oxygen atoms in total. The van der Waals surface area contributed by atoms with Crippen molar-refractivity contribution in [1.29, 1.82) is 0 Å². The average Bonchev–Trinajstić information content (AvgIpc) is 2.31. The Hall–Kier alpha value is -1.35. The molecule has 0 bridgehead atoms. The number of Topliss-reactive ketones (excluding diaryl/α,β-unsaturated/α-hetero) is 1.